The van der Waals surface area contributed by atoms with Crippen LogP contribution in [0.3, 0.4) is 0 Å². The molecule has 1 fully saturated rings. The smallest absolute Gasteiger partial charge is 0.237 e. The first-order valence-electron chi connectivity index (χ1n) is 9.12. The van der Waals surface area contributed by atoms with E-state index in [4.69, 9.17) is 4.74 Å². The van der Waals surface area contributed by atoms with Crippen molar-refractivity contribution in [3.05, 3.63) is 35.4 Å². The molecule has 0 aliphatic heterocycles. The summed E-state index contributed by atoms with van der Waals surface area (Å²) in [6, 6.07) is 8.90. The van der Waals surface area contributed by atoms with Crippen LogP contribution < -0.4 is 0 Å². The summed E-state index contributed by atoms with van der Waals surface area (Å²) in [7, 11) is 3.68. The predicted molar refractivity (Wildman–Crippen MR) is 98.0 cm³/mol. The van der Waals surface area contributed by atoms with Gasteiger partial charge >= 0.3 is 0 Å². The summed E-state index contributed by atoms with van der Waals surface area (Å²) in [6.45, 7) is 4.74. The molecule has 1 aliphatic carbocycles. The first kappa shape index (κ1) is 18.9. The number of methoxy groups -OCH3 is 1. The Kier molecular flexibility index (Phi) is 7.73. The molecule has 1 aliphatic rings. The maximum absolute atomic E-state index is 12.9. The topological polar surface area (TPSA) is 32.8 Å². The average Bonchev–Trinajstić information content (AvgIpc) is 2.58. The van der Waals surface area contributed by atoms with Gasteiger partial charge in [0.15, 0.2) is 0 Å². The lowest BCUT2D eigenvalue weighted by atomic mass is 9.93. The number of benzene rings is 1. The lowest BCUT2D eigenvalue weighted by molar-refractivity contribution is -0.136. The second-order valence-electron chi connectivity index (χ2n) is 7.03. The molecule has 0 unspecified atom stereocenters. The number of amides is 1. The minimum absolute atomic E-state index is 0.238. The molecule has 0 heterocycles. The van der Waals surface area contributed by atoms with E-state index in [1.807, 2.05) is 7.05 Å². The van der Waals surface area contributed by atoms with E-state index < -0.39 is 0 Å². The summed E-state index contributed by atoms with van der Waals surface area (Å²) in [5.74, 6) is 0.238. The van der Waals surface area contributed by atoms with Crippen molar-refractivity contribution < 1.29 is 9.53 Å². The van der Waals surface area contributed by atoms with E-state index >= 15 is 0 Å². The van der Waals surface area contributed by atoms with Crippen molar-refractivity contribution >= 4 is 5.91 Å². The molecule has 1 amide bonds. The largest absolute Gasteiger partial charge is 0.383 e. The van der Waals surface area contributed by atoms with Crippen LogP contribution in [-0.4, -0.2) is 55.6 Å². The summed E-state index contributed by atoms with van der Waals surface area (Å²) in [5.41, 5.74) is 2.48. The molecular formula is C20H32N2O2. The Morgan fingerprint density at radius 2 is 2.00 bits per heavy atom. The fourth-order valence-corrected chi connectivity index (χ4v) is 3.47. The Bertz CT molecular complexity index is 512. The van der Waals surface area contributed by atoms with Crippen LogP contribution in [0.25, 0.3) is 0 Å². The van der Waals surface area contributed by atoms with E-state index in [0.29, 0.717) is 19.2 Å². The second-order valence-corrected chi connectivity index (χ2v) is 7.03. The van der Waals surface area contributed by atoms with E-state index in [0.717, 1.165) is 25.9 Å². The van der Waals surface area contributed by atoms with Crippen LogP contribution in [0.15, 0.2) is 24.3 Å². The number of nitrogens with zero attached hydrogens (tertiary/aromatic N) is 2. The number of carbonyl (C=O) groups excluding carboxylic acids is 1. The highest BCUT2D eigenvalue weighted by Gasteiger charge is 2.26. The van der Waals surface area contributed by atoms with Gasteiger partial charge in [-0.25, -0.2) is 0 Å². The molecule has 24 heavy (non-hydrogen) atoms. The van der Waals surface area contributed by atoms with Crippen LogP contribution in [0.2, 0.25) is 0 Å². The molecule has 1 aromatic carbocycles. The summed E-state index contributed by atoms with van der Waals surface area (Å²) < 4.78 is 5.11. The molecule has 1 saturated carbocycles. The summed E-state index contributed by atoms with van der Waals surface area (Å²) in [4.78, 5) is 17.1. The van der Waals surface area contributed by atoms with Crippen LogP contribution >= 0.6 is 0 Å². The number of aryl methyl sites for hydroxylation is 1. The van der Waals surface area contributed by atoms with Crippen molar-refractivity contribution in [3.63, 3.8) is 0 Å². The van der Waals surface area contributed by atoms with Gasteiger partial charge in [0, 0.05) is 26.2 Å². The van der Waals surface area contributed by atoms with E-state index in [1.54, 1.807) is 7.11 Å². The first-order chi connectivity index (χ1) is 11.6. The van der Waals surface area contributed by atoms with Crippen molar-refractivity contribution in [1.82, 2.24) is 9.80 Å². The number of likely N-dealkylation sites (N-methyl/N-ethyl adjacent to an activating group) is 1. The summed E-state index contributed by atoms with van der Waals surface area (Å²) >= 11 is 0. The van der Waals surface area contributed by atoms with Gasteiger partial charge in [-0.2, -0.15) is 0 Å². The van der Waals surface area contributed by atoms with E-state index in [1.165, 1.54) is 30.4 Å². The van der Waals surface area contributed by atoms with Crippen molar-refractivity contribution in [2.24, 2.45) is 0 Å². The Hall–Kier alpha value is -1.39. The maximum atomic E-state index is 12.9. The van der Waals surface area contributed by atoms with Gasteiger partial charge in [-0.1, -0.05) is 49.1 Å². The second kappa shape index (κ2) is 9.80. The summed E-state index contributed by atoms with van der Waals surface area (Å²) in [6.07, 6.45) is 6.05. The minimum atomic E-state index is 0.238. The molecule has 0 atom stereocenters. The third kappa shape index (κ3) is 5.91. The predicted octanol–water partition coefficient (Wildman–Crippen LogP) is 3.23. The minimum Gasteiger partial charge on any atom is -0.383 e. The standard InChI is InChI=1S/C20H32N2O2/c1-17-8-7-9-18(14-17)15-22(19-10-5-4-6-11-19)20(23)16-21(2)12-13-24-3/h7-9,14,19H,4-6,10-13,15-16H2,1-3H3. The molecule has 2 rings (SSSR count). The SMILES string of the molecule is COCCN(C)CC(=O)N(Cc1cccc(C)c1)C1CCCCC1. The van der Waals surface area contributed by atoms with Gasteiger partial charge in [-0.15, -0.1) is 0 Å². The number of carbonyl (C=O) groups is 1. The average molecular weight is 332 g/mol. The van der Waals surface area contributed by atoms with Crippen LogP contribution in [0.1, 0.15) is 43.2 Å². The lowest BCUT2D eigenvalue weighted by Crippen LogP contribution is -2.45. The molecule has 1 aromatic rings. The molecule has 0 aromatic heterocycles. The zero-order chi connectivity index (χ0) is 17.4. The third-order valence-electron chi connectivity index (χ3n) is 4.85. The van der Waals surface area contributed by atoms with Crippen LogP contribution in [-0.2, 0) is 16.1 Å². The third-order valence-corrected chi connectivity index (χ3v) is 4.85. The van der Waals surface area contributed by atoms with Gasteiger partial charge in [0.2, 0.25) is 5.91 Å². The highest BCUT2D eigenvalue weighted by molar-refractivity contribution is 5.78. The molecule has 134 valence electrons. The molecule has 4 heteroatoms. The van der Waals surface area contributed by atoms with Crippen LogP contribution in [0.4, 0.5) is 0 Å². The number of rotatable bonds is 8. The first-order valence-corrected chi connectivity index (χ1v) is 9.12. The van der Waals surface area contributed by atoms with Crippen LogP contribution in [0.5, 0.6) is 0 Å². The maximum Gasteiger partial charge on any atom is 0.237 e. The van der Waals surface area contributed by atoms with E-state index in [9.17, 15) is 4.79 Å². The zero-order valence-electron chi connectivity index (χ0n) is 15.5. The monoisotopic (exact) mass is 332 g/mol. The van der Waals surface area contributed by atoms with Gasteiger partial charge in [-0.3, -0.25) is 9.69 Å². The van der Waals surface area contributed by atoms with Gasteiger partial charge in [-0.05, 0) is 32.4 Å². The zero-order valence-corrected chi connectivity index (χ0v) is 15.5. The van der Waals surface area contributed by atoms with E-state index in [-0.39, 0.29) is 5.91 Å². The lowest BCUT2D eigenvalue weighted by Gasteiger charge is -2.35. The number of hydrogen-bond acceptors (Lipinski definition) is 3. The Balaban J connectivity index is 2.05. The molecular weight excluding hydrogens is 300 g/mol. The van der Waals surface area contributed by atoms with Gasteiger partial charge in [0.1, 0.15) is 0 Å². The fourth-order valence-electron chi connectivity index (χ4n) is 3.47. The van der Waals surface area contributed by atoms with Crippen molar-refractivity contribution in [1.29, 1.82) is 0 Å². The molecule has 0 saturated heterocycles. The molecule has 0 N–H and O–H groups in total. The number of hydrogen-bond donors (Lipinski definition) is 0. The van der Waals surface area contributed by atoms with Crippen molar-refractivity contribution in [3.8, 4) is 0 Å². The fraction of sp³-hybridized carbons (Fsp3) is 0.650. The quantitative estimate of drug-likeness (QED) is 0.733. The van der Waals surface area contributed by atoms with Crippen LogP contribution in [0, 0.1) is 6.92 Å². The Morgan fingerprint density at radius 3 is 2.67 bits per heavy atom. The van der Waals surface area contributed by atoms with Gasteiger partial charge in [0.05, 0.1) is 13.2 Å². The van der Waals surface area contributed by atoms with Crippen molar-refractivity contribution in [2.45, 2.75) is 51.6 Å². The number of ether oxygens (including phenoxy) is 1. The van der Waals surface area contributed by atoms with Crippen molar-refractivity contribution in [2.75, 3.05) is 33.9 Å². The van der Waals surface area contributed by atoms with Gasteiger partial charge < -0.3 is 9.64 Å². The van der Waals surface area contributed by atoms with E-state index in [2.05, 4.69) is 41.0 Å². The molecule has 4 nitrogen and oxygen atoms in total. The molecule has 0 bridgehead atoms. The highest BCUT2D eigenvalue weighted by atomic mass is 16.5. The highest BCUT2D eigenvalue weighted by Crippen LogP contribution is 2.24. The Labute approximate surface area is 146 Å². The molecule has 0 spiro atoms. The molecule has 0 radical (unpaired) electrons. The summed E-state index contributed by atoms with van der Waals surface area (Å²) in [5, 5.41) is 0. The van der Waals surface area contributed by atoms with Gasteiger partial charge in [0.25, 0.3) is 0 Å². The Morgan fingerprint density at radius 1 is 1.25 bits per heavy atom. The normalized spacial score (nSPS) is 15.7.